The minimum atomic E-state index is -1.05. The molecule has 1 heterocycles. The fourth-order valence-electron chi connectivity index (χ4n) is 2.25. The Morgan fingerprint density at radius 2 is 1.90 bits per heavy atom. The van der Waals surface area contributed by atoms with Crippen molar-refractivity contribution in [3.63, 3.8) is 0 Å². The summed E-state index contributed by atoms with van der Waals surface area (Å²) >= 11 is 0. The highest BCUT2D eigenvalue weighted by Crippen LogP contribution is 2.20. The molecule has 0 aliphatic carbocycles. The lowest BCUT2D eigenvalue weighted by Gasteiger charge is -2.06. The number of aromatic nitrogens is 1. The van der Waals surface area contributed by atoms with Crippen LogP contribution < -0.4 is 5.32 Å². The summed E-state index contributed by atoms with van der Waals surface area (Å²) in [6, 6.07) is 11.3. The van der Waals surface area contributed by atoms with Crippen molar-refractivity contribution in [2.75, 3.05) is 5.32 Å². The highest BCUT2D eigenvalue weighted by Gasteiger charge is 2.12. The smallest absolute Gasteiger partial charge is 0.228 e. The van der Waals surface area contributed by atoms with E-state index in [1.54, 1.807) is 6.20 Å². The molecule has 0 unspecified atom stereocenters. The van der Waals surface area contributed by atoms with Crippen LogP contribution in [0.2, 0.25) is 0 Å². The fourth-order valence-corrected chi connectivity index (χ4v) is 2.25. The van der Waals surface area contributed by atoms with Crippen LogP contribution in [-0.4, -0.2) is 10.9 Å². The Bertz CT molecular complexity index is 811. The van der Waals surface area contributed by atoms with Gasteiger partial charge in [-0.2, -0.15) is 0 Å². The molecule has 21 heavy (non-hydrogen) atoms. The summed E-state index contributed by atoms with van der Waals surface area (Å²) in [5.41, 5.74) is 1.58. The Morgan fingerprint density at radius 1 is 1.10 bits per heavy atom. The van der Waals surface area contributed by atoms with Crippen molar-refractivity contribution in [1.29, 1.82) is 0 Å². The molecule has 0 saturated carbocycles. The molecule has 0 fully saturated rings. The number of halogens is 2. The Morgan fingerprint density at radius 3 is 2.76 bits per heavy atom. The number of nitrogens with one attached hydrogen (secondary N) is 2. The highest BCUT2D eigenvalue weighted by atomic mass is 19.2. The van der Waals surface area contributed by atoms with Gasteiger partial charge in [0.25, 0.3) is 0 Å². The van der Waals surface area contributed by atoms with Crippen LogP contribution in [0.4, 0.5) is 14.5 Å². The molecule has 0 bridgehead atoms. The molecular formula is C16H12F2N2O. The number of anilines is 1. The van der Waals surface area contributed by atoms with Crippen molar-refractivity contribution in [2.45, 2.75) is 6.42 Å². The van der Waals surface area contributed by atoms with Crippen LogP contribution in [0.15, 0.2) is 48.7 Å². The number of aromatic amines is 1. The lowest BCUT2D eigenvalue weighted by atomic mass is 10.1. The van der Waals surface area contributed by atoms with E-state index in [9.17, 15) is 13.6 Å². The van der Waals surface area contributed by atoms with E-state index in [0.29, 0.717) is 0 Å². The number of H-pyrrole nitrogens is 1. The maximum atomic E-state index is 13.5. The maximum absolute atomic E-state index is 13.5. The average molecular weight is 286 g/mol. The van der Waals surface area contributed by atoms with Crippen molar-refractivity contribution < 1.29 is 13.6 Å². The zero-order valence-electron chi connectivity index (χ0n) is 11.0. The van der Waals surface area contributed by atoms with Gasteiger partial charge in [0.2, 0.25) is 5.91 Å². The number of fused-ring (bicyclic) bond motifs is 1. The second-order valence-corrected chi connectivity index (χ2v) is 4.69. The Balaban J connectivity index is 1.79. The summed E-state index contributed by atoms with van der Waals surface area (Å²) in [5.74, 6) is -2.44. The molecule has 0 radical (unpaired) electrons. The molecule has 3 aromatic rings. The molecular weight excluding hydrogens is 274 g/mol. The summed E-state index contributed by atoms with van der Waals surface area (Å²) in [4.78, 5) is 15.0. The predicted molar refractivity (Wildman–Crippen MR) is 77.0 cm³/mol. The Hall–Kier alpha value is -2.69. The van der Waals surface area contributed by atoms with Crippen LogP contribution in [0.1, 0.15) is 5.56 Å². The van der Waals surface area contributed by atoms with Crippen LogP contribution in [0, 0.1) is 11.6 Å². The van der Waals surface area contributed by atoms with Gasteiger partial charge in [-0.15, -0.1) is 0 Å². The quantitative estimate of drug-likeness (QED) is 0.758. The number of rotatable bonds is 3. The first-order valence-corrected chi connectivity index (χ1v) is 6.44. The number of hydrogen-bond acceptors (Lipinski definition) is 1. The van der Waals surface area contributed by atoms with E-state index in [2.05, 4.69) is 10.3 Å². The summed E-state index contributed by atoms with van der Waals surface area (Å²) in [5, 5.41) is 3.32. The van der Waals surface area contributed by atoms with E-state index >= 15 is 0 Å². The van der Waals surface area contributed by atoms with E-state index in [-0.39, 0.29) is 12.1 Å². The SMILES string of the molecule is O=C(Cc1c[nH]c2ccccc12)Nc1cccc(F)c1F. The lowest BCUT2D eigenvalue weighted by molar-refractivity contribution is -0.115. The number of carbonyl (C=O) groups is 1. The van der Waals surface area contributed by atoms with Crippen LogP contribution in [-0.2, 0) is 11.2 Å². The van der Waals surface area contributed by atoms with Crippen LogP contribution in [0.5, 0.6) is 0 Å². The Kier molecular flexibility index (Phi) is 3.39. The van der Waals surface area contributed by atoms with Crippen molar-refractivity contribution in [3.8, 4) is 0 Å². The van der Waals surface area contributed by atoms with Crippen LogP contribution in [0.25, 0.3) is 10.9 Å². The molecule has 0 spiro atoms. The van der Waals surface area contributed by atoms with Crippen molar-refractivity contribution >= 4 is 22.5 Å². The van der Waals surface area contributed by atoms with Crippen molar-refractivity contribution in [3.05, 3.63) is 65.9 Å². The van der Waals surface area contributed by atoms with Gasteiger partial charge in [0.05, 0.1) is 12.1 Å². The molecule has 1 aromatic heterocycles. The summed E-state index contributed by atoms with van der Waals surface area (Å²) in [6.45, 7) is 0. The second kappa shape index (κ2) is 5.36. The number of amides is 1. The minimum Gasteiger partial charge on any atom is -0.361 e. The van der Waals surface area contributed by atoms with Gasteiger partial charge in [0.15, 0.2) is 11.6 Å². The van der Waals surface area contributed by atoms with Gasteiger partial charge in [-0.25, -0.2) is 8.78 Å². The predicted octanol–water partition coefficient (Wildman–Crippen LogP) is 3.63. The summed E-state index contributed by atoms with van der Waals surface area (Å²) < 4.78 is 26.6. The van der Waals surface area contributed by atoms with Gasteiger partial charge in [-0.3, -0.25) is 4.79 Å². The average Bonchev–Trinajstić information content (AvgIpc) is 2.87. The topological polar surface area (TPSA) is 44.9 Å². The first kappa shape index (κ1) is 13.3. The fraction of sp³-hybridized carbons (Fsp3) is 0.0625. The third-order valence-corrected chi connectivity index (χ3v) is 3.25. The van der Waals surface area contributed by atoms with Gasteiger partial charge >= 0.3 is 0 Å². The van der Waals surface area contributed by atoms with Gasteiger partial charge in [-0.05, 0) is 23.8 Å². The standard InChI is InChI=1S/C16H12F2N2O/c17-12-5-3-7-14(16(12)18)20-15(21)8-10-9-19-13-6-2-1-4-11(10)13/h1-7,9,19H,8H2,(H,20,21). The van der Waals surface area contributed by atoms with E-state index in [4.69, 9.17) is 0 Å². The first-order chi connectivity index (χ1) is 10.1. The summed E-state index contributed by atoms with van der Waals surface area (Å²) in [7, 11) is 0. The lowest BCUT2D eigenvalue weighted by Crippen LogP contribution is -2.15. The number of benzene rings is 2. The van der Waals surface area contributed by atoms with Gasteiger partial charge in [0, 0.05) is 17.1 Å². The molecule has 0 aliphatic heterocycles. The normalized spacial score (nSPS) is 10.8. The molecule has 0 atom stereocenters. The van der Waals surface area contributed by atoms with Crippen LogP contribution >= 0.6 is 0 Å². The molecule has 2 N–H and O–H groups in total. The molecule has 3 rings (SSSR count). The monoisotopic (exact) mass is 286 g/mol. The van der Waals surface area contributed by atoms with E-state index in [0.717, 1.165) is 22.5 Å². The molecule has 2 aromatic carbocycles. The zero-order valence-corrected chi connectivity index (χ0v) is 11.0. The Labute approximate surface area is 119 Å². The minimum absolute atomic E-state index is 0.0833. The molecule has 1 amide bonds. The largest absolute Gasteiger partial charge is 0.361 e. The zero-order chi connectivity index (χ0) is 14.8. The molecule has 5 heteroatoms. The van der Waals surface area contributed by atoms with Gasteiger partial charge < -0.3 is 10.3 Å². The van der Waals surface area contributed by atoms with Crippen molar-refractivity contribution in [1.82, 2.24) is 4.98 Å². The number of hydrogen-bond donors (Lipinski definition) is 2. The van der Waals surface area contributed by atoms with Crippen LogP contribution in [0.3, 0.4) is 0 Å². The van der Waals surface area contributed by atoms with E-state index in [1.165, 1.54) is 12.1 Å². The molecule has 0 aliphatic rings. The van der Waals surface area contributed by atoms with Gasteiger partial charge in [0.1, 0.15) is 0 Å². The highest BCUT2D eigenvalue weighted by molar-refractivity contribution is 5.95. The third kappa shape index (κ3) is 2.63. The second-order valence-electron chi connectivity index (χ2n) is 4.69. The molecule has 3 nitrogen and oxygen atoms in total. The molecule has 0 saturated heterocycles. The third-order valence-electron chi connectivity index (χ3n) is 3.25. The maximum Gasteiger partial charge on any atom is 0.228 e. The van der Waals surface area contributed by atoms with Gasteiger partial charge in [-0.1, -0.05) is 24.3 Å². The summed E-state index contributed by atoms with van der Waals surface area (Å²) in [6.07, 6.45) is 1.83. The first-order valence-electron chi connectivity index (χ1n) is 6.44. The number of para-hydroxylation sites is 1. The van der Waals surface area contributed by atoms with E-state index < -0.39 is 17.5 Å². The number of carbonyl (C=O) groups excluding carboxylic acids is 1. The molecule has 106 valence electrons. The van der Waals surface area contributed by atoms with Crippen molar-refractivity contribution in [2.24, 2.45) is 0 Å². The van der Waals surface area contributed by atoms with E-state index in [1.807, 2.05) is 24.3 Å².